The molecule has 0 spiro atoms. The Bertz CT molecular complexity index is 851. The fraction of sp³-hybridized carbons (Fsp3) is 0.333. The van der Waals surface area contributed by atoms with Gasteiger partial charge in [-0.2, -0.15) is 0 Å². The van der Waals surface area contributed by atoms with Crippen molar-refractivity contribution in [2.45, 2.75) is 28.5 Å². The fourth-order valence-electron chi connectivity index (χ4n) is 3.37. The molecule has 0 bridgehead atoms. The number of hydrogen-bond acceptors (Lipinski definition) is 4. The summed E-state index contributed by atoms with van der Waals surface area (Å²) in [6.45, 7) is 1.98. The molecule has 0 heterocycles. The third-order valence-corrected chi connectivity index (χ3v) is 6.90. The standard InChI is InChI=1S/C18H20FNO3S/c1-12-6-8-15(9-7-12)24(21,22)17-16(18(17,20)11-23-2)13-4-3-5-14(19)10-13/h3-10,16-17H,11,20H2,1-2H3/t16-,17+,18-/m1/s1. The largest absolute Gasteiger partial charge is 0.383 e. The van der Waals surface area contributed by atoms with Crippen molar-refractivity contribution in [1.29, 1.82) is 0 Å². The first-order valence-corrected chi connectivity index (χ1v) is 9.19. The maximum atomic E-state index is 13.6. The lowest BCUT2D eigenvalue weighted by molar-refractivity contribution is 0.171. The van der Waals surface area contributed by atoms with E-state index < -0.39 is 32.4 Å². The molecule has 3 rings (SSSR count). The maximum absolute atomic E-state index is 13.6. The number of methoxy groups -OCH3 is 1. The van der Waals surface area contributed by atoms with Crippen LogP contribution in [0.5, 0.6) is 0 Å². The highest BCUT2D eigenvalue weighted by molar-refractivity contribution is 7.92. The zero-order valence-corrected chi connectivity index (χ0v) is 14.4. The van der Waals surface area contributed by atoms with Gasteiger partial charge in [-0.3, -0.25) is 0 Å². The third kappa shape index (κ3) is 2.75. The summed E-state index contributed by atoms with van der Waals surface area (Å²) in [5.74, 6) is -0.912. The molecule has 0 aliphatic heterocycles. The van der Waals surface area contributed by atoms with E-state index in [1.165, 1.54) is 19.2 Å². The van der Waals surface area contributed by atoms with Gasteiger partial charge < -0.3 is 10.5 Å². The summed E-state index contributed by atoms with van der Waals surface area (Å²) in [5, 5.41) is -0.838. The summed E-state index contributed by atoms with van der Waals surface area (Å²) < 4.78 is 44.8. The minimum atomic E-state index is -3.65. The van der Waals surface area contributed by atoms with E-state index in [1.807, 2.05) is 6.92 Å². The van der Waals surface area contributed by atoms with Crippen molar-refractivity contribution in [1.82, 2.24) is 0 Å². The summed E-state index contributed by atoms with van der Waals surface area (Å²) in [7, 11) is -2.17. The summed E-state index contributed by atoms with van der Waals surface area (Å²) >= 11 is 0. The number of ether oxygens (including phenoxy) is 1. The van der Waals surface area contributed by atoms with E-state index in [9.17, 15) is 12.8 Å². The van der Waals surface area contributed by atoms with Gasteiger partial charge in [0.05, 0.1) is 22.3 Å². The predicted octanol–water partition coefficient (Wildman–Crippen LogP) is 2.42. The number of hydrogen-bond donors (Lipinski definition) is 1. The van der Waals surface area contributed by atoms with Crippen LogP contribution in [0.4, 0.5) is 4.39 Å². The molecule has 0 saturated heterocycles. The quantitative estimate of drug-likeness (QED) is 0.900. The van der Waals surface area contributed by atoms with Gasteiger partial charge in [-0.15, -0.1) is 0 Å². The van der Waals surface area contributed by atoms with Gasteiger partial charge >= 0.3 is 0 Å². The van der Waals surface area contributed by atoms with Crippen molar-refractivity contribution in [3.8, 4) is 0 Å². The Hall–Kier alpha value is -1.76. The number of sulfone groups is 1. The first-order chi connectivity index (χ1) is 11.3. The van der Waals surface area contributed by atoms with Crippen molar-refractivity contribution < 1.29 is 17.5 Å². The lowest BCUT2D eigenvalue weighted by atomic mass is 10.1. The van der Waals surface area contributed by atoms with E-state index in [-0.39, 0.29) is 11.5 Å². The molecule has 128 valence electrons. The van der Waals surface area contributed by atoms with Crippen molar-refractivity contribution in [2.24, 2.45) is 5.73 Å². The Kier molecular flexibility index (Phi) is 4.23. The van der Waals surface area contributed by atoms with Gasteiger partial charge in [-0.1, -0.05) is 29.8 Å². The van der Waals surface area contributed by atoms with Crippen molar-refractivity contribution in [2.75, 3.05) is 13.7 Å². The number of halogens is 1. The number of nitrogens with two attached hydrogens (primary N) is 1. The summed E-state index contributed by atoms with van der Waals surface area (Å²) in [4.78, 5) is 0.225. The van der Waals surface area contributed by atoms with Crippen LogP contribution in [0.15, 0.2) is 53.4 Å². The highest BCUT2D eigenvalue weighted by Crippen LogP contribution is 2.55. The molecule has 24 heavy (non-hydrogen) atoms. The first-order valence-electron chi connectivity index (χ1n) is 7.64. The Morgan fingerprint density at radius 3 is 2.46 bits per heavy atom. The van der Waals surface area contributed by atoms with Crippen LogP contribution in [0.2, 0.25) is 0 Å². The van der Waals surface area contributed by atoms with Crippen molar-refractivity contribution in [3.63, 3.8) is 0 Å². The Morgan fingerprint density at radius 2 is 1.88 bits per heavy atom. The van der Waals surface area contributed by atoms with E-state index >= 15 is 0 Å². The van der Waals surface area contributed by atoms with Crippen LogP contribution >= 0.6 is 0 Å². The molecule has 4 nitrogen and oxygen atoms in total. The molecule has 1 saturated carbocycles. The van der Waals surface area contributed by atoms with E-state index in [2.05, 4.69) is 0 Å². The van der Waals surface area contributed by atoms with E-state index in [0.29, 0.717) is 5.56 Å². The van der Waals surface area contributed by atoms with Crippen LogP contribution in [0.1, 0.15) is 17.0 Å². The SMILES string of the molecule is COC[C@@]1(N)[C@H](c2cccc(F)c2)[C@@H]1S(=O)(=O)c1ccc(C)cc1. The van der Waals surface area contributed by atoms with Crippen molar-refractivity contribution in [3.05, 3.63) is 65.5 Å². The molecule has 6 heteroatoms. The van der Waals surface area contributed by atoms with Crippen LogP contribution < -0.4 is 5.73 Å². The number of aryl methyl sites for hydroxylation is 1. The van der Waals surface area contributed by atoms with Crippen LogP contribution in [-0.4, -0.2) is 32.9 Å². The molecule has 0 amide bonds. The first kappa shape index (κ1) is 17.1. The topological polar surface area (TPSA) is 69.4 Å². The second-order valence-electron chi connectivity index (χ2n) is 6.36. The molecule has 0 unspecified atom stereocenters. The second-order valence-corrected chi connectivity index (χ2v) is 8.43. The fourth-order valence-corrected chi connectivity index (χ4v) is 5.66. The molecule has 0 aromatic heterocycles. The van der Waals surface area contributed by atoms with E-state index in [0.717, 1.165) is 5.56 Å². The van der Waals surface area contributed by atoms with Crippen LogP contribution in [0.3, 0.4) is 0 Å². The molecule has 3 atom stereocenters. The average Bonchev–Trinajstić information content (AvgIpc) is 3.14. The monoisotopic (exact) mass is 349 g/mol. The third-order valence-electron chi connectivity index (χ3n) is 4.59. The van der Waals surface area contributed by atoms with Gasteiger partial charge in [0.25, 0.3) is 0 Å². The minimum absolute atomic E-state index is 0.0872. The summed E-state index contributed by atoms with van der Waals surface area (Å²) in [5.41, 5.74) is 6.84. The zero-order valence-electron chi connectivity index (χ0n) is 13.6. The minimum Gasteiger partial charge on any atom is -0.383 e. The molecule has 1 fully saturated rings. The molecular formula is C18H20FNO3S. The Morgan fingerprint density at radius 1 is 1.21 bits per heavy atom. The highest BCUT2D eigenvalue weighted by atomic mass is 32.2. The molecule has 1 aliphatic rings. The highest BCUT2D eigenvalue weighted by Gasteiger charge is 2.69. The maximum Gasteiger partial charge on any atom is 0.183 e. The lowest BCUT2D eigenvalue weighted by Gasteiger charge is -2.11. The second kappa shape index (κ2) is 5.95. The van der Waals surface area contributed by atoms with Crippen molar-refractivity contribution >= 4 is 9.84 Å². The van der Waals surface area contributed by atoms with Gasteiger partial charge in [0, 0.05) is 13.0 Å². The number of benzene rings is 2. The van der Waals surface area contributed by atoms with Crippen LogP contribution in [0.25, 0.3) is 0 Å². The molecule has 2 aromatic carbocycles. The lowest BCUT2D eigenvalue weighted by Crippen LogP contribution is -2.35. The predicted molar refractivity (Wildman–Crippen MR) is 90.1 cm³/mol. The molecule has 0 radical (unpaired) electrons. The molecule has 1 aliphatic carbocycles. The van der Waals surface area contributed by atoms with Crippen LogP contribution in [-0.2, 0) is 14.6 Å². The molecule has 2 N–H and O–H groups in total. The normalized spacial score (nSPS) is 26.3. The van der Waals surface area contributed by atoms with Gasteiger partial charge in [-0.25, -0.2) is 12.8 Å². The number of rotatable bonds is 5. The van der Waals surface area contributed by atoms with Gasteiger partial charge in [0.2, 0.25) is 0 Å². The Labute approximate surface area is 141 Å². The average molecular weight is 349 g/mol. The van der Waals surface area contributed by atoms with Crippen LogP contribution in [0, 0.1) is 12.7 Å². The molecule has 2 aromatic rings. The summed E-state index contributed by atoms with van der Waals surface area (Å²) in [6, 6.07) is 12.6. The van der Waals surface area contributed by atoms with Gasteiger partial charge in [0.1, 0.15) is 5.82 Å². The van der Waals surface area contributed by atoms with E-state index in [4.69, 9.17) is 10.5 Å². The molecular weight excluding hydrogens is 329 g/mol. The summed E-state index contributed by atoms with van der Waals surface area (Å²) in [6.07, 6.45) is 0. The Balaban J connectivity index is 2.03. The van der Waals surface area contributed by atoms with E-state index in [1.54, 1.807) is 36.4 Å². The smallest absolute Gasteiger partial charge is 0.183 e. The van der Waals surface area contributed by atoms with Gasteiger partial charge in [-0.05, 0) is 36.8 Å². The van der Waals surface area contributed by atoms with Gasteiger partial charge in [0.15, 0.2) is 9.84 Å². The zero-order chi connectivity index (χ0) is 17.5.